The number of benzene rings is 1. The second-order valence-corrected chi connectivity index (χ2v) is 3.25. The quantitative estimate of drug-likeness (QED) is 0.479. The Bertz CT molecular complexity index is 497. The number of fused-ring (bicyclic) bond motifs is 1. The fraction of sp³-hybridized carbons (Fsp3) is 0.167. The lowest BCUT2D eigenvalue weighted by molar-refractivity contribution is 0.0997. The lowest BCUT2D eigenvalue weighted by atomic mass is 10.2. The Labute approximate surface area is 93.2 Å². The first kappa shape index (κ1) is 10.6. The molecule has 0 aliphatic carbocycles. The van der Waals surface area contributed by atoms with Gasteiger partial charge in [-0.05, 0) is 12.1 Å². The minimum absolute atomic E-state index is 0.0344. The van der Waals surface area contributed by atoms with Gasteiger partial charge in [0, 0.05) is 17.1 Å². The number of hydrogen-bond donors (Lipinski definition) is 1. The first-order chi connectivity index (χ1) is 7.90. The minimum Gasteiger partial charge on any atom is -0.393 e. The van der Waals surface area contributed by atoms with Gasteiger partial charge in [0.05, 0.1) is 18.3 Å². The molecule has 0 aliphatic heterocycles. The number of rotatable bonds is 4. The molecular weight excluding hydrogens is 204 g/mol. The van der Waals surface area contributed by atoms with Crippen LogP contribution in [0.15, 0.2) is 41.7 Å². The van der Waals surface area contributed by atoms with E-state index in [1.54, 1.807) is 12.4 Å². The van der Waals surface area contributed by atoms with Gasteiger partial charge in [-0.1, -0.05) is 23.4 Å². The van der Waals surface area contributed by atoms with Crippen molar-refractivity contribution in [3.05, 3.63) is 42.1 Å². The Morgan fingerprint density at radius 2 is 2.25 bits per heavy atom. The lowest BCUT2D eigenvalue weighted by Gasteiger charge is -1.98. The zero-order valence-electron chi connectivity index (χ0n) is 8.71. The summed E-state index contributed by atoms with van der Waals surface area (Å²) >= 11 is 0. The van der Waals surface area contributed by atoms with Crippen LogP contribution in [0.4, 0.5) is 0 Å². The van der Waals surface area contributed by atoms with Crippen molar-refractivity contribution < 1.29 is 9.94 Å². The summed E-state index contributed by atoms with van der Waals surface area (Å²) in [4.78, 5) is 9.07. The van der Waals surface area contributed by atoms with Gasteiger partial charge in [-0.25, -0.2) is 0 Å². The summed E-state index contributed by atoms with van der Waals surface area (Å²) in [5.74, 6) is 0. The molecule has 0 bridgehead atoms. The lowest BCUT2D eigenvalue weighted by Crippen LogP contribution is -1.93. The Hall–Kier alpha value is -1.94. The molecule has 16 heavy (non-hydrogen) atoms. The van der Waals surface area contributed by atoms with Crippen LogP contribution >= 0.6 is 0 Å². The van der Waals surface area contributed by atoms with Crippen molar-refractivity contribution in [3.63, 3.8) is 0 Å². The Morgan fingerprint density at radius 3 is 3.12 bits per heavy atom. The number of para-hydroxylation sites is 1. The van der Waals surface area contributed by atoms with Crippen molar-refractivity contribution in [3.8, 4) is 0 Å². The molecule has 1 aromatic carbocycles. The molecule has 0 saturated carbocycles. The standard InChI is InChI=1S/C12H12N2O2/c15-5-6-16-14-9-10-7-11-3-1-2-4-12(11)13-8-10/h1-4,7-9,15H,5-6H2/b14-9+. The fourth-order valence-electron chi connectivity index (χ4n) is 1.35. The van der Waals surface area contributed by atoms with Gasteiger partial charge in [0.2, 0.25) is 0 Å². The van der Waals surface area contributed by atoms with E-state index in [9.17, 15) is 0 Å². The molecule has 1 heterocycles. The van der Waals surface area contributed by atoms with Gasteiger partial charge < -0.3 is 9.94 Å². The van der Waals surface area contributed by atoms with E-state index < -0.39 is 0 Å². The first-order valence-corrected chi connectivity index (χ1v) is 5.01. The number of aliphatic hydroxyl groups excluding tert-OH is 1. The average Bonchev–Trinajstić information content (AvgIpc) is 2.34. The smallest absolute Gasteiger partial charge is 0.140 e. The van der Waals surface area contributed by atoms with E-state index in [4.69, 9.17) is 9.94 Å². The summed E-state index contributed by atoms with van der Waals surface area (Å²) in [6.45, 7) is 0.171. The number of nitrogens with zero attached hydrogens (tertiary/aromatic N) is 2. The summed E-state index contributed by atoms with van der Waals surface area (Å²) in [6.07, 6.45) is 3.31. The molecule has 0 atom stereocenters. The highest BCUT2D eigenvalue weighted by atomic mass is 16.6. The number of aliphatic hydroxyl groups is 1. The largest absolute Gasteiger partial charge is 0.393 e. The van der Waals surface area contributed by atoms with Crippen LogP contribution in [0.2, 0.25) is 0 Å². The van der Waals surface area contributed by atoms with Crippen molar-refractivity contribution in [2.75, 3.05) is 13.2 Å². The van der Waals surface area contributed by atoms with E-state index in [1.807, 2.05) is 30.3 Å². The molecule has 82 valence electrons. The third kappa shape index (κ3) is 2.55. The number of oxime groups is 1. The molecule has 0 saturated heterocycles. The number of hydrogen-bond acceptors (Lipinski definition) is 4. The molecule has 1 aromatic heterocycles. The minimum atomic E-state index is -0.0344. The van der Waals surface area contributed by atoms with Gasteiger partial charge in [-0.2, -0.15) is 0 Å². The van der Waals surface area contributed by atoms with E-state index in [0.29, 0.717) is 0 Å². The highest BCUT2D eigenvalue weighted by Gasteiger charge is 1.94. The number of aromatic nitrogens is 1. The van der Waals surface area contributed by atoms with Crippen LogP contribution in [0.5, 0.6) is 0 Å². The normalized spacial score (nSPS) is 11.1. The maximum absolute atomic E-state index is 8.49. The van der Waals surface area contributed by atoms with Gasteiger partial charge in [0.25, 0.3) is 0 Å². The van der Waals surface area contributed by atoms with Crippen LogP contribution in [-0.4, -0.2) is 29.5 Å². The molecule has 2 aromatic rings. The van der Waals surface area contributed by atoms with Crippen molar-refractivity contribution in [2.45, 2.75) is 0 Å². The second-order valence-electron chi connectivity index (χ2n) is 3.25. The van der Waals surface area contributed by atoms with Gasteiger partial charge in [-0.15, -0.1) is 0 Å². The van der Waals surface area contributed by atoms with Gasteiger partial charge in [-0.3, -0.25) is 4.98 Å². The molecule has 4 heteroatoms. The third-order valence-corrected chi connectivity index (χ3v) is 2.07. The molecule has 1 N–H and O–H groups in total. The maximum Gasteiger partial charge on any atom is 0.140 e. The molecule has 0 fully saturated rings. The Kier molecular flexibility index (Phi) is 3.46. The SMILES string of the molecule is OCCO/N=C/c1cnc2ccccc2c1. The molecule has 2 rings (SSSR count). The van der Waals surface area contributed by atoms with Crippen LogP contribution in [0.3, 0.4) is 0 Å². The van der Waals surface area contributed by atoms with E-state index in [0.717, 1.165) is 16.5 Å². The van der Waals surface area contributed by atoms with Crippen LogP contribution in [-0.2, 0) is 4.84 Å². The zero-order valence-corrected chi connectivity index (χ0v) is 8.71. The third-order valence-electron chi connectivity index (χ3n) is 2.07. The van der Waals surface area contributed by atoms with Crippen LogP contribution in [0, 0.1) is 0 Å². The van der Waals surface area contributed by atoms with E-state index in [-0.39, 0.29) is 13.2 Å². The Balaban J connectivity index is 2.16. The maximum atomic E-state index is 8.49. The molecule has 0 unspecified atom stereocenters. The van der Waals surface area contributed by atoms with E-state index in [2.05, 4.69) is 10.1 Å². The molecule has 0 spiro atoms. The van der Waals surface area contributed by atoms with E-state index in [1.165, 1.54) is 0 Å². The van der Waals surface area contributed by atoms with Gasteiger partial charge in [0.1, 0.15) is 6.61 Å². The van der Waals surface area contributed by atoms with Crippen LogP contribution in [0.1, 0.15) is 5.56 Å². The summed E-state index contributed by atoms with van der Waals surface area (Å²) < 4.78 is 0. The van der Waals surface area contributed by atoms with Crippen molar-refractivity contribution in [1.82, 2.24) is 4.98 Å². The molecule has 0 aliphatic rings. The molecule has 0 amide bonds. The summed E-state index contributed by atoms with van der Waals surface area (Å²) in [5, 5.41) is 13.3. The van der Waals surface area contributed by atoms with Gasteiger partial charge in [0.15, 0.2) is 0 Å². The van der Waals surface area contributed by atoms with Crippen LogP contribution in [0.25, 0.3) is 10.9 Å². The molecular formula is C12H12N2O2. The van der Waals surface area contributed by atoms with Crippen LogP contribution < -0.4 is 0 Å². The predicted octanol–water partition coefficient (Wildman–Crippen LogP) is 1.58. The highest BCUT2D eigenvalue weighted by Crippen LogP contribution is 2.11. The zero-order chi connectivity index (χ0) is 11.2. The molecule has 4 nitrogen and oxygen atoms in total. The topological polar surface area (TPSA) is 54.7 Å². The average molecular weight is 216 g/mol. The van der Waals surface area contributed by atoms with Crippen molar-refractivity contribution in [1.29, 1.82) is 0 Å². The van der Waals surface area contributed by atoms with Gasteiger partial charge >= 0.3 is 0 Å². The Morgan fingerprint density at radius 1 is 1.38 bits per heavy atom. The first-order valence-electron chi connectivity index (χ1n) is 5.01. The summed E-state index contributed by atoms with van der Waals surface area (Å²) in [7, 11) is 0. The van der Waals surface area contributed by atoms with Crippen molar-refractivity contribution >= 4 is 17.1 Å². The molecule has 0 radical (unpaired) electrons. The number of pyridine rings is 1. The summed E-state index contributed by atoms with van der Waals surface area (Å²) in [5.41, 5.74) is 1.83. The fourth-order valence-corrected chi connectivity index (χ4v) is 1.35. The van der Waals surface area contributed by atoms with Crippen molar-refractivity contribution in [2.24, 2.45) is 5.16 Å². The monoisotopic (exact) mass is 216 g/mol. The predicted molar refractivity (Wildman–Crippen MR) is 62.4 cm³/mol. The van der Waals surface area contributed by atoms with E-state index >= 15 is 0 Å². The summed E-state index contributed by atoms with van der Waals surface area (Å²) in [6, 6.07) is 9.85. The highest BCUT2D eigenvalue weighted by molar-refractivity contribution is 5.87. The second kappa shape index (κ2) is 5.23.